The van der Waals surface area contributed by atoms with E-state index in [0.29, 0.717) is 6.61 Å². The van der Waals surface area contributed by atoms with Crippen LogP contribution in [-0.2, 0) is 20.8 Å². The smallest absolute Gasteiger partial charge is 0.248 e. The minimum Gasteiger partial charge on any atom is -0.369 e. The number of likely N-dealkylation sites (N-methyl/N-ethyl adjacent to an activating group) is 1. The predicted octanol–water partition coefficient (Wildman–Crippen LogP) is 2.25. The molecular formula is C20H29N3O3. The number of ether oxygens (including phenoxy) is 2. The van der Waals surface area contributed by atoms with Gasteiger partial charge in [-0.3, -0.25) is 9.69 Å². The first-order valence-corrected chi connectivity index (χ1v) is 9.07. The van der Waals surface area contributed by atoms with Crippen molar-refractivity contribution >= 4 is 16.8 Å². The molecule has 0 radical (unpaired) electrons. The maximum absolute atomic E-state index is 11.7. The average molecular weight is 359 g/mol. The molecule has 0 unspecified atom stereocenters. The first-order valence-electron chi connectivity index (χ1n) is 9.07. The van der Waals surface area contributed by atoms with E-state index in [9.17, 15) is 4.79 Å². The Labute approximate surface area is 155 Å². The van der Waals surface area contributed by atoms with Gasteiger partial charge in [-0.1, -0.05) is 12.1 Å². The van der Waals surface area contributed by atoms with Crippen molar-refractivity contribution in [2.75, 3.05) is 40.4 Å². The number of nitrogens with zero attached hydrogens (tertiary/aromatic N) is 2. The Morgan fingerprint density at radius 3 is 2.96 bits per heavy atom. The van der Waals surface area contributed by atoms with Gasteiger partial charge in [-0.25, -0.2) is 0 Å². The van der Waals surface area contributed by atoms with Crippen LogP contribution in [0.25, 0.3) is 10.9 Å². The SMILES string of the molecule is CN(C)C(=O)COC[C@@H]1CN(Cc2cccc3[nH]ccc23)CC(C)(C)O1. The number of H-pyrrole nitrogens is 1. The van der Waals surface area contributed by atoms with Gasteiger partial charge >= 0.3 is 0 Å². The molecule has 3 rings (SSSR count). The monoisotopic (exact) mass is 359 g/mol. The van der Waals surface area contributed by atoms with Crippen molar-refractivity contribution in [1.29, 1.82) is 0 Å². The van der Waals surface area contributed by atoms with Crippen LogP contribution in [0.5, 0.6) is 0 Å². The van der Waals surface area contributed by atoms with Crippen LogP contribution < -0.4 is 0 Å². The molecule has 2 aromatic rings. The molecule has 1 saturated heterocycles. The third-order valence-electron chi connectivity index (χ3n) is 4.66. The van der Waals surface area contributed by atoms with E-state index in [1.807, 2.05) is 6.20 Å². The van der Waals surface area contributed by atoms with Crippen LogP contribution in [0.4, 0.5) is 0 Å². The molecule has 0 saturated carbocycles. The van der Waals surface area contributed by atoms with Crippen LogP contribution in [0.3, 0.4) is 0 Å². The lowest BCUT2D eigenvalue weighted by Gasteiger charge is -2.42. The van der Waals surface area contributed by atoms with Gasteiger partial charge in [0.25, 0.3) is 0 Å². The van der Waals surface area contributed by atoms with Crippen molar-refractivity contribution in [1.82, 2.24) is 14.8 Å². The Kier molecular flexibility index (Phi) is 5.65. The van der Waals surface area contributed by atoms with Crippen LogP contribution in [0.1, 0.15) is 19.4 Å². The summed E-state index contributed by atoms with van der Waals surface area (Å²) >= 11 is 0. The van der Waals surface area contributed by atoms with Crippen LogP contribution in [-0.4, -0.2) is 72.8 Å². The molecule has 1 aromatic heterocycles. The Balaban J connectivity index is 1.62. The highest BCUT2D eigenvalue weighted by molar-refractivity contribution is 5.82. The van der Waals surface area contributed by atoms with E-state index in [1.165, 1.54) is 15.8 Å². The Hall–Kier alpha value is -1.89. The number of hydrogen-bond acceptors (Lipinski definition) is 4. The number of benzene rings is 1. The maximum atomic E-state index is 11.7. The summed E-state index contributed by atoms with van der Waals surface area (Å²) in [5.74, 6) is -0.0314. The molecule has 2 heterocycles. The molecular weight excluding hydrogens is 330 g/mol. The van der Waals surface area contributed by atoms with E-state index in [2.05, 4.69) is 48.0 Å². The molecule has 1 aliphatic rings. The van der Waals surface area contributed by atoms with Crippen LogP contribution in [0.2, 0.25) is 0 Å². The van der Waals surface area contributed by atoms with Crippen LogP contribution in [0, 0.1) is 0 Å². The molecule has 0 aliphatic carbocycles. The number of fused-ring (bicyclic) bond motifs is 1. The fourth-order valence-corrected chi connectivity index (χ4v) is 3.56. The average Bonchev–Trinajstić information content (AvgIpc) is 3.03. The van der Waals surface area contributed by atoms with Gasteiger partial charge < -0.3 is 19.4 Å². The molecule has 1 atom stereocenters. The molecule has 0 spiro atoms. The third-order valence-corrected chi connectivity index (χ3v) is 4.66. The maximum Gasteiger partial charge on any atom is 0.248 e. The van der Waals surface area contributed by atoms with E-state index < -0.39 is 0 Å². The zero-order valence-corrected chi connectivity index (χ0v) is 16.1. The summed E-state index contributed by atoms with van der Waals surface area (Å²) < 4.78 is 11.8. The van der Waals surface area contributed by atoms with Crippen LogP contribution >= 0.6 is 0 Å². The number of aromatic amines is 1. The summed E-state index contributed by atoms with van der Waals surface area (Å²) in [6.45, 7) is 7.25. The molecule has 1 aliphatic heterocycles. The molecule has 0 bridgehead atoms. The summed E-state index contributed by atoms with van der Waals surface area (Å²) in [7, 11) is 3.46. The minimum atomic E-state index is -0.246. The molecule has 6 heteroatoms. The molecule has 1 aromatic carbocycles. The van der Waals surface area contributed by atoms with E-state index in [4.69, 9.17) is 9.47 Å². The van der Waals surface area contributed by atoms with Crippen molar-refractivity contribution in [3.63, 3.8) is 0 Å². The van der Waals surface area contributed by atoms with Gasteiger partial charge in [0.15, 0.2) is 0 Å². The number of carbonyl (C=O) groups is 1. The standard InChI is InChI=1S/C20H29N3O3/c1-20(2)14-23(10-15-6-5-7-18-17(15)8-9-21-18)11-16(26-20)12-25-13-19(24)22(3)4/h5-9,16,21H,10-14H2,1-4H3/t16-/m0/s1. The van der Waals surface area contributed by atoms with Crippen molar-refractivity contribution in [3.05, 3.63) is 36.0 Å². The van der Waals surface area contributed by atoms with Crippen LogP contribution in [0.15, 0.2) is 30.5 Å². The summed E-state index contributed by atoms with van der Waals surface area (Å²) in [6.07, 6.45) is 1.94. The van der Waals surface area contributed by atoms with Gasteiger partial charge in [0, 0.05) is 50.8 Å². The molecule has 6 nitrogen and oxygen atoms in total. The van der Waals surface area contributed by atoms with Crippen molar-refractivity contribution in [2.24, 2.45) is 0 Å². The number of hydrogen-bond donors (Lipinski definition) is 1. The number of carbonyl (C=O) groups excluding carboxylic acids is 1. The van der Waals surface area contributed by atoms with Gasteiger partial charge in [0.1, 0.15) is 6.61 Å². The van der Waals surface area contributed by atoms with Gasteiger partial charge in [-0.15, -0.1) is 0 Å². The largest absolute Gasteiger partial charge is 0.369 e. The first-order chi connectivity index (χ1) is 12.3. The zero-order chi connectivity index (χ0) is 18.7. The number of amides is 1. The van der Waals surface area contributed by atoms with E-state index in [1.54, 1.807) is 14.1 Å². The van der Waals surface area contributed by atoms with E-state index in [0.717, 1.165) is 25.2 Å². The lowest BCUT2D eigenvalue weighted by Crippen LogP contribution is -2.53. The number of rotatable bonds is 6. The fourth-order valence-electron chi connectivity index (χ4n) is 3.56. The Morgan fingerprint density at radius 1 is 1.38 bits per heavy atom. The quantitative estimate of drug-likeness (QED) is 0.859. The second-order valence-electron chi connectivity index (χ2n) is 7.83. The van der Waals surface area contributed by atoms with Gasteiger partial charge in [-0.2, -0.15) is 0 Å². The Morgan fingerprint density at radius 2 is 2.19 bits per heavy atom. The molecule has 1 fully saturated rings. The highest BCUT2D eigenvalue weighted by Crippen LogP contribution is 2.25. The Bertz CT molecular complexity index is 754. The normalized spacial score (nSPS) is 20.4. The van der Waals surface area contributed by atoms with Crippen molar-refractivity contribution in [2.45, 2.75) is 32.1 Å². The topological polar surface area (TPSA) is 57.8 Å². The summed E-state index contributed by atoms with van der Waals surface area (Å²) in [4.78, 5) is 18.9. The first kappa shape index (κ1) is 18.9. The summed E-state index contributed by atoms with van der Waals surface area (Å²) in [5.41, 5.74) is 2.23. The van der Waals surface area contributed by atoms with Crippen molar-refractivity contribution < 1.29 is 14.3 Å². The molecule has 1 amide bonds. The molecule has 1 N–H and O–H groups in total. The number of nitrogens with one attached hydrogen (secondary N) is 1. The fraction of sp³-hybridized carbons (Fsp3) is 0.550. The van der Waals surface area contributed by atoms with Gasteiger partial charge in [0.05, 0.1) is 18.3 Å². The number of morpholine rings is 1. The van der Waals surface area contributed by atoms with Gasteiger partial charge in [-0.05, 0) is 31.5 Å². The second-order valence-corrected chi connectivity index (χ2v) is 7.83. The van der Waals surface area contributed by atoms with E-state index >= 15 is 0 Å². The number of aromatic nitrogens is 1. The third kappa shape index (κ3) is 4.63. The van der Waals surface area contributed by atoms with E-state index in [-0.39, 0.29) is 24.2 Å². The second kappa shape index (κ2) is 7.78. The highest BCUT2D eigenvalue weighted by atomic mass is 16.5. The predicted molar refractivity (Wildman–Crippen MR) is 102 cm³/mol. The summed E-state index contributed by atoms with van der Waals surface area (Å²) in [5, 5.41) is 1.26. The molecule has 26 heavy (non-hydrogen) atoms. The molecule has 142 valence electrons. The van der Waals surface area contributed by atoms with Gasteiger partial charge in [0.2, 0.25) is 5.91 Å². The highest BCUT2D eigenvalue weighted by Gasteiger charge is 2.33. The minimum absolute atomic E-state index is 0.0314. The lowest BCUT2D eigenvalue weighted by molar-refractivity contribution is -0.161. The summed E-state index contributed by atoms with van der Waals surface area (Å²) in [6, 6.07) is 8.50. The van der Waals surface area contributed by atoms with Crippen molar-refractivity contribution in [3.8, 4) is 0 Å². The zero-order valence-electron chi connectivity index (χ0n) is 16.1. The lowest BCUT2D eigenvalue weighted by atomic mass is 10.0.